The first-order valence-electron chi connectivity index (χ1n) is 6.35. The highest BCUT2D eigenvalue weighted by Crippen LogP contribution is 2.30. The normalized spacial score (nSPS) is 11.8. The third-order valence-electron chi connectivity index (χ3n) is 3.15. The fourth-order valence-corrected chi connectivity index (χ4v) is 2.30. The van der Waals surface area contributed by atoms with Crippen molar-refractivity contribution in [3.63, 3.8) is 0 Å². The van der Waals surface area contributed by atoms with Crippen LogP contribution < -0.4 is 10.1 Å². The number of benzene rings is 2. The number of nitro benzene ring substituents is 1. The summed E-state index contributed by atoms with van der Waals surface area (Å²) in [4.78, 5) is 10.3. The van der Waals surface area contributed by atoms with E-state index in [0.717, 1.165) is 21.5 Å². The number of ether oxygens (including phenoxy) is 1. The van der Waals surface area contributed by atoms with Gasteiger partial charge in [0.2, 0.25) is 0 Å². The van der Waals surface area contributed by atoms with Crippen molar-refractivity contribution >= 4 is 27.3 Å². The van der Waals surface area contributed by atoms with Gasteiger partial charge < -0.3 is 10.1 Å². The van der Waals surface area contributed by atoms with Crippen LogP contribution in [0.5, 0.6) is 5.75 Å². The molecule has 0 spiro atoms. The molecule has 2 rings (SSSR count). The van der Waals surface area contributed by atoms with Crippen molar-refractivity contribution in [2.75, 3.05) is 12.4 Å². The number of nitrogens with zero attached hydrogens (tertiary/aromatic N) is 1. The number of hydrogen-bond donors (Lipinski definition) is 1. The first kappa shape index (κ1) is 15.3. The molecule has 21 heavy (non-hydrogen) atoms. The molecular weight excluding hydrogens is 336 g/mol. The van der Waals surface area contributed by atoms with Gasteiger partial charge in [0.15, 0.2) is 0 Å². The summed E-state index contributed by atoms with van der Waals surface area (Å²) in [7, 11) is 1.62. The highest BCUT2D eigenvalue weighted by molar-refractivity contribution is 9.10. The van der Waals surface area contributed by atoms with Gasteiger partial charge in [-0.1, -0.05) is 12.1 Å². The highest BCUT2D eigenvalue weighted by Gasteiger charge is 2.11. The van der Waals surface area contributed by atoms with E-state index >= 15 is 0 Å². The Morgan fingerprint density at radius 2 is 1.90 bits per heavy atom. The Kier molecular flexibility index (Phi) is 4.80. The maximum atomic E-state index is 10.7. The number of non-ortho nitro benzene ring substituents is 1. The lowest BCUT2D eigenvalue weighted by atomic mass is 10.1. The average Bonchev–Trinajstić information content (AvgIpc) is 2.49. The Morgan fingerprint density at radius 1 is 1.24 bits per heavy atom. The smallest absolute Gasteiger partial charge is 0.269 e. The molecule has 0 heterocycles. The van der Waals surface area contributed by atoms with Crippen molar-refractivity contribution in [2.45, 2.75) is 13.0 Å². The lowest BCUT2D eigenvalue weighted by Crippen LogP contribution is -2.07. The van der Waals surface area contributed by atoms with Gasteiger partial charge in [-0.25, -0.2) is 0 Å². The van der Waals surface area contributed by atoms with Gasteiger partial charge in [0.1, 0.15) is 5.75 Å². The van der Waals surface area contributed by atoms with Crippen LogP contribution in [0.15, 0.2) is 46.9 Å². The van der Waals surface area contributed by atoms with E-state index in [1.807, 2.05) is 25.1 Å². The minimum atomic E-state index is -0.402. The molecule has 110 valence electrons. The number of methoxy groups -OCH3 is 1. The Bertz CT molecular complexity index is 644. The van der Waals surface area contributed by atoms with Crippen LogP contribution in [0.25, 0.3) is 0 Å². The number of halogens is 1. The van der Waals surface area contributed by atoms with Crippen LogP contribution in [0, 0.1) is 10.1 Å². The molecule has 0 fully saturated rings. The number of hydrogen-bond acceptors (Lipinski definition) is 4. The van der Waals surface area contributed by atoms with Crippen molar-refractivity contribution in [3.05, 3.63) is 62.6 Å². The van der Waals surface area contributed by atoms with E-state index in [2.05, 4.69) is 21.2 Å². The Morgan fingerprint density at radius 3 is 2.48 bits per heavy atom. The van der Waals surface area contributed by atoms with E-state index in [9.17, 15) is 10.1 Å². The zero-order chi connectivity index (χ0) is 15.4. The summed E-state index contributed by atoms with van der Waals surface area (Å²) >= 11 is 3.48. The fourth-order valence-electron chi connectivity index (χ4n) is 1.94. The quantitative estimate of drug-likeness (QED) is 0.635. The summed E-state index contributed by atoms with van der Waals surface area (Å²) < 4.78 is 6.13. The molecule has 5 nitrogen and oxygen atoms in total. The summed E-state index contributed by atoms with van der Waals surface area (Å²) in [5.74, 6) is 0.761. The van der Waals surface area contributed by atoms with Gasteiger partial charge >= 0.3 is 0 Å². The first-order valence-corrected chi connectivity index (χ1v) is 7.15. The predicted molar refractivity (Wildman–Crippen MR) is 85.8 cm³/mol. The maximum absolute atomic E-state index is 10.7. The zero-order valence-electron chi connectivity index (χ0n) is 11.7. The van der Waals surface area contributed by atoms with E-state index in [4.69, 9.17) is 4.74 Å². The van der Waals surface area contributed by atoms with Gasteiger partial charge in [0, 0.05) is 28.7 Å². The van der Waals surface area contributed by atoms with Gasteiger partial charge in [0.05, 0.1) is 17.7 Å². The summed E-state index contributed by atoms with van der Waals surface area (Å²) in [5, 5.41) is 14.0. The van der Waals surface area contributed by atoms with Crippen molar-refractivity contribution in [1.82, 2.24) is 0 Å². The largest absolute Gasteiger partial charge is 0.497 e. The van der Waals surface area contributed by atoms with E-state index in [1.54, 1.807) is 19.2 Å². The predicted octanol–water partition coefficient (Wildman–Crippen LogP) is 4.54. The minimum absolute atomic E-state index is 0.00853. The van der Waals surface area contributed by atoms with Gasteiger partial charge in [0.25, 0.3) is 5.69 Å². The van der Waals surface area contributed by atoms with Crippen molar-refractivity contribution < 1.29 is 9.66 Å². The van der Waals surface area contributed by atoms with E-state index in [1.165, 1.54) is 12.1 Å². The molecule has 0 aromatic heterocycles. The molecule has 0 aliphatic heterocycles. The molecular formula is C15H15BrN2O3. The van der Waals surface area contributed by atoms with Crippen LogP contribution in [-0.4, -0.2) is 12.0 Å². The summed E-state index contributed by atoms with van der Waals surface area (Å²) in [6.45, 7) is 1.99. The molecule has 0 aliphatic rings. The molecule has 1 N–H and O–H groups in total. The maximum Gasteiger partial charge on any atom is 0.269 e. The molecule has 0 bridgehead atoms. The van der Waals surface area contributed by atoms with Crippen LogP contribution in [0.1, 0.15) is 18.5 Å². The lowest BCUT2D eigenvalue weighted by molar-refractivity contribution is -0.384. The molecule has 0 saturated heterocycles. The summed E-state index contributed by atoms with van der Waals surface area (Å²) in [5.41, 5.74) is 1.96. The molecule has 1 atom stereocenters. The second kappa shape index (κ2) is 6.58. The van der Waals surface area contributed by atoms with Crippen LogP contribution in [0.2, 0.25) is 0 Å². The van der Waals surface area contributed by atoms with Gasteiger partial charge in [-0.15, -0.1) is 0 Å². The Balaban J connectivity index is 2.17. The third kappa shape index (κ3) is 3.72. The molecule has 0 amide bonds. The van der Waals surface area contributed by atoms with Crippen LogP contribution in [0.3, 0.4) is 0 Å². The van der Waals surface area contributed by atoms with Crippen LogP contribution >= 0.6 is 15.9 Å². The van der Waals surface area contributed by atoms with Crippen molar-refractivity contribution in [1.29, 1.82) is 0 Å². The molecule has 1 unspecified atom stereocenters. The second-order valence-electron chi connectivity index (χ2n) is 4.56. The number of anilines is 1. The molecule has 0 aliphatic carbocycles. The summed E-state index contributed by atoms with van der Waals surface area (Å²) in [6, 6.07) is 12.2. The number of rotatable bonds is 5. The third-order valence-corrected chi connectivity index (χ3v) is 3.84. The fraction of sp³-hybridized carbons (Fsp3) is 0.200. The van der Waals surface area contributed by atoms with E-state index in [-0.39, 0.29) is 11.7 Å². The molecule has 0 radical (unpaired) electrons. The van der Waals surface area contributed by atoms with Crippen molar-refractivity contribution in [3.8, 4) is 5.75 Å². The van der Waals surface area contributed by atoms with Gasteiger partial charge in [-0.2, -0.15) is 0 Å². The van der Waals surface area contributed by atoms with Gasteiger partial charge in [-0.05, 0) is 40.5 Å². The monoisotopic (exact) mass is 350 g/mol. The Hall–Kier alpha value is -2.08. The molecule has 2 aromatic rings. The molecule has 2 aromatic carbocycles. The van der Waals surface area contributed by atoms with E-state index < -0.39 is 4.92 Å². The minimum Gasteiger partial charge on any atom is -0.497 e. The average molecular weight is 351 g/mol. The van der Waals surface area contributed by atoms with E-state index in [0.29, 0.717) is 0 Å². The number of nitrogens with one attached hydrogen (secondary N) is 1. The highest BCUT2D eigenvalue weighted by atomic mass is 79.9. The molecule has 0 saturated carbocycles. The first-order chi connectivity index (χ1) is 10.0. The second-order valence-corrected chi connectivity index (χ2v) is 5.41. The standard InChI is InChI=1S/C15H15BrN2O3/c1-10(11-3-5-12(6-4-11)18(19)20)17-15-9-13(21-2)7-8-14(15)16/h3-10,17H,1-2H3. The summed E-state index contributed by atoms with van der Waals surface area (Å²) in [6.07, 6.45) is 0. The van der Waals surface area contributed by atoms with Crippen LogP contribution in [0.4, 0.5) is 11.4 Å². The Labute approximate surface area is 131 Å². The molecule has 6 heteroatoms. The van der Waals surface area contributed by atoms with Crippen LogP contribution in [-0.2, 0) is 0 Å². The van der Waals surface area contributed by atoms with Crippen molar-refractivity contribution in [2.24, 2.45) is 0 Å². The lowest BCUT2D eigenvalue weighted by Gasteiger charge is -2.17. The van der Waals surface area contributed by atoms with Gasteiger partial charge in [-0.3, -0.25) is 10.1 Å². The zero-order valence-corrected chi connectivity index (χ0v) is 13.3. The number of nitro groups is 1. The topological polar surface area (TPSA) is 64.4 Å². The SMILES string of the molecule is COc1ccc(Br)c(NC(C)c2ccc([N+](=O)[O-])cc2)c1.